The highest BCUT2D eigenvalue weighted by Gasteiger charge is 2.16. The molecule has 5 heteroatoms. The highest BCUT2D eigenvalue weighted by molar-refractivity contribution is 5.86. The van der Waals surface area contributed by atoms with Gasteiger partial charge in [0.15, 0.2) is 0 Å². The Labute approximate surface area is 185 Å². The van der Waals surface area contributed by atoms with E-state index in [0.717, 1.165) is 38.3 Å². The number of urea groups is 1. The van der Waals surface area contributed by atoms with Crippen LogP contribution in [0.4, 0.5) is 4.79 Å². The maximum Gasteiger partial charge on any atom is 0.315 e. The zero-order valence-electron chi connectivity index (χ0n) is 18.5. The molecular formula is C26H32N4O. The summed E-state index contributed by atoms with van der Waals surface area (Å²) >= 11 is 0. The van der Waals surface area contributed by atoms with Crippen LogP contribution in [-0.2, 0) is 13.1 Å². The van der Waals surface area contributed by atoms with Gasteiger partial charge < -0.3 is 15.5 Å². The van der Waals surface area contributed by atoms with Gasteiger partial charge in [0.05, 0.1) is 6.04 Å². The topological polar surface area (TPSA) is 47.6 Å². The first kappa shape index (κ1) is 21.3. The zero-order valence-corrected chi connectivity index (χ0v) is 18.5. The van der Waals surface area contributed by atoms with Gasteiger partial charge in [0.25, 0.3) is 0 Å². The summed E-state index contributed by atoms with van der Waals surface area (Å²) < 4.78 is 0. The summed E-state index contributed by atoms with van der Waals surface area (Å²) in [4.78, 5) is 17.5. The average molecular weight is 417 g/mol. The van der Waals surface area contributed by atoms with Crippen LogP contribution in [0.15, 0.2) is 66.7 Å². The molecule has 0 spiro atoms. The van der Waals surface area contributed by atoms with E-state index in [4.69, 9.17) is 0 Å². The molecule has 1 saturated heterocycles. The minimum absolute atomic E-state index is 0.0771. The van der Waals surface area contributed by atoms with Crippen LogP contribution in [0.25, 0.3) is 10.8 Å². The van der Waals surface area contributed by atoms with Gasteiger partial charge in [-0.3, -0.25) is 4.90 Å². The fraction of sp³-hybridized carbons (Fsp3) is 0.346. The summed E-state index contributed by atoms with van der Waals surface area (Å²) in [5.41, 5.74) is 3.59. The molecule has 1 unspecified atom stereocenters. The van der Waals surface area contributed by atoms with Gasteiger partial charge in [-0.05, 0) is 41.4 Å². The van der Waals surface area contributed by atoms with E-state index in [2.05, 4.69) is 69.9 Å². The van der Waals surface area contributed by atoms with Crippen molar-refractivity contribution in [1.82, 2.24) is 20.4 Å². The minimum atomic E-state index is -0.144. The molecule has 162 valence electrons. The maximum absolute atomic E-state index is 12.6. The quantitative estimate of drug-likeness (QED) is 0.635. The van der Waals surface area contributed by atoms with E-state index < -0.39 is 0 Å². The smallest absolute Gasteiger partial charge is 0.315 e. The van der Waals surface area contributed by atoms with E-state index in [0.29, 0.717) is 6.54 Å². The van der Waals surface area contributed by atoms with Gasteiger partial charge >= 0.3 is 6.03 Å². The third-order valence-corrected chi connectivity index (χ3v) is 6.19. The number of nitrogens with zero attached hydrogens (tertiary/aromatic N) is 2. The van der Waals surface area contributed by atoms with E-state index in [-0.39, 0.29) is 12.1 Å². The van der Waals surface area contributed by atoms with Crippen molar-refractivity contribution >= 4 is 16.8 Å². The molecule has 4 rings (SSSR count). The number of nitrogens with one attached hydrogen (secondary N) is 2. The molecule has 0 bridgehead atoms. The van der Waals surface area contributed by atoms with Crippen LogP contribution in [0.1, 0.15) is 29.7 Å². The van der Waals surface area contributed by atoms with Gasteiger partial charge in [-0.25, -0.2) is 4.79 Å². The lowest BCUT2D eigenvalue weighted by Crippen LogP contribution is -2.44. The molecule has 1 heterocycles. The van der Waals surface area contributed by atoms with E-state index in [9.17, 15) is 4.79 Å². The maximum atomic E-state index is 12.6. The summed E-state index contributed by atoms with van der Waals surface area (Å²) in [5.74, 6) is 0. The van der Waals surface area contributed by atoms with Crippen molar-refractivity contribution in [3.8, 4) is 0 Å². The summed E-state index contributed by atoms with van der Waals surface area (Å²) in [6.07, 6.45) is 0. The van der Waals surface area contributed by atoms with Gasteiger partial charge in [-0.2, -0.15) is 0 Å². The Morgan fingerprint density at radius 3 is 2.39 bits per heavy atom. The average Bonchev–Trinajstić information content (AvgIpc) is 2.79. The molecule has 2 N–H and O–H groups in total. The standard InChI is InChI=1S/C26H32N4O/c1-20(24-13-7-11-21-8-5-6-12-25(21)24)28-26(31)27-18-22-9-3-4-10-23(22)19-30-16-14-29(2)15-17-30/h3-13,20H,14-19H2,1-2H3,(H2,27,28,31). The lowest BCUT2D eigenvalue weighted by molar-refractivity contribution is 0.148. The molecule has 31 heavy (non-hydrogen) atoms. The number of hydrogen-bond donors (Lipinski definition) is 2. The first-order chi connectivity index (χ1) is 15.1. The van der Waals surface area contributed by atoms with Crippen molar-refractivity contribution in [3.05, 3.63) is 83.4 Å². The van der Waals surface area contributed by atoms with Gasteiger partial charge in [0.1, 0.15) is 0 Å². The molecule has 1 aliphatic rings. The summed E-state index contributed by atoms with van der Waals surface area (Å²) in [5, 5.41) is 8.52. The van der Waals surface area contributed by atoms with Gasteiger partial charge in [0.2, 0.25) is 0 Å². The Morgan fingerprint density at radius 2 is 1.58 bits per heavy atom. The largest absolute Gasteiger partial charge is 0.334 e. The van der Waals surface area contributed by atoms with Crippen LogP contribution in [0, 0.1) is 0 Å². The number of amides is 2. The van der Waals surface area contributed by atoms with Crippen LogP contribution in [-0.4, -0.2) is 49.1 Å². The van der Waals surface area contributed by atoms with Crippen molar-refractivity contribution in [1.29, 1.82) is 0 Å². The second kappa shape index (κ2) is 9.94. The molecule has 5 nitrogen and oxygen atoms in total. The van der Waals surface area contributed by atoms with Gasteiger partial charge in [-0.1, -0.05) is 66.7 Å². The predicted octanol–water partition coefficient (Wildman–Crippen LogP) is 4.15. The van der Waals surface area contributed by atoms with Crippen molar-refractivity contribution in [3.63, 3.8) is 0 Å². The Balaban J connectivity index is 1.36. The Morgan fingerprint density at radius 1 is 0.903 bits per heavy atom. The highest BCUT2D eigenvalue weighted by Crippen LogP contribution is 2.24. The number of rotatable bonds is 6. The molecule has 3 aromatic carbocycles. The second-order valence-corrected chi connectivity index (χ2v) is 8.47. The van der Waals surface area contributed by atoms with E-state index in [1.165, 1.54) is 21.9 Å². The monoisotopic (exact) mass is 416 g/mol. The number of carbonyl (C=O) groups excluding carboxylic acids is 1. The second-order valence-electron chi connectivity index (χ2n) is 8.47. The van der Waals surface area contributed by atoms with Crippen molar-refractivity contribution in [2.24, 2.45) is 0 Å². The predicted molar refractivity (Wildman–Crippen MR) is 127 cm³/mol. The van der Waals surface area contributed by atoms with Crippen LogP contribution >= 0.6 is 0 Å². The molecule has 1 atom stereocenters. The summed E-state index contributed by atoms with van der Waals surface area (Å²) in [7, 11) is 2.17. The third kappa shape index (κ3) is 5.43. The number of benzene rings is 3. The Hall–Kier alpha value is -2.89. The normalized spacial score (nSPS) is 16.2. The number of carbonyl (C=O) groups is 1. The first-order valence-corrected chi connectivity index (χ1v) is 11.1. The number of piperazine rings is 1. The van der Waals surface area contributed by atoms with Gasteiger partial charge in [0, 0.05) is 39.3 Å². The highest BCUT2D eigenvalue weighted by atomic mass is 16.2. The Bertz CT molecular complexity index is 1020. The first-order valence-electron chi connectivity index (χ1n) is 11.1. The lowest BCUT2D eigenvalue weighted by Gasteiger charge is -2.32. The molecule has 2 amide bonds. The number of fused-ring (bicyclic) bond motifs is 1. The zero-order chi connectivity index (χ0) is 21.6. The fourth-order valence-corrected chi connectivity index (χ4v) is 4.26. The molecule has 1 fully saturated rings. The Kier molecular flexibility index (Phi) is 6.85. The number of likely N-dealkylation sites (N-methyl/N-ethyl adjacent to an activating group) is 1. The van der Waals surface area contributed by atoms with E-state index in [1.807, 2.05) is 31.2 Å². The molecular weight excluding hydrogens is 384 g/mol. The molecule has 0 aliphatic carbocycles. The van der Waals surface area contributed by atoms with Crippen LogP contribution in [0.3, 0.4) is 0 Å². The summed E-state index contributed by atoms with van der Waals surface area (Å²) in [6, 6.07) is 22.7. The summed E-state index contributed by atoms with van der Waals surface area (Å²) in [6.45, 7) is 7.87. The lowest BCUT2D eigenvalue weighted by atomic mass is 10.00. The minimum Gasteiger partial charge on any atom is -0.334 e. The van der Waals surface area contributed by atoms with Crippen molar-refractivity contribution in [2.75, 3.05) is 33.2 Å². The van der Waals surface area contributed by atoms with E-state index in [1.54, 1.807) is 0 Å². The van der Waals surface area contributed by atoms with Crippen LogP contribution in [0.5, 0.6) is 0 Å². The molecule has 1 aliphatic heterocycles. The number of hydrogen-bond acceptors (Lipinski definition) is 3. The SMILES string of the molecule is CC(NC(=O)NCc1ccccc1CN1CCN(C)CC1)c1cccc2ccccc12. The fourth-order valence-electron chi connectivity index (χ4n) is 4.26. The molecule has 3 aromatic rings. The van der Waals surface area contributed by atoms with Crippen LogP contribution in [0.2, 0.25) is 0 Å². The third-order valence-electron chi connectivity index (χ3n) is 6.19. The van der Waals surface area contributed by atoms with E-state index >= 15 is 0 Å². The van der Waals surface area contributed by atoms with Crippen molar-refractivity contribution < 1.29 is 4.79 Å². The van der Waals surface area contributed by atoms with Crippen molar-refractivity contribution in [2.45, 2.75) is 26.1 Å². The van der Waals surface area contributed by atoms with Crippen LogP contribution < -0.4 is 10.6 Å². The van der Waals surface area contributed by atoms with Gasteiger partial charge in [-0.15, -0.1) is 0 Å². The molecule has 0 aromatic heterocycles. The molecule has 0 saturated carbocycles. The molecule has 0 radical (unpaired) electrons.